The highest BCUT2D eigenvalue weighted by Gasteiger charge is 2.47. The van der Waals surface area contributed by atoms with E-state index in [9.17, 15) is 14.3 Å². The Morgan fingerprint density at radius 1 is 1.21 bits per heavy atom. The second-order valence-electron chi connectivity index (χ2n) is 8.21. The fraction of sp³-hybridized carbons (Fsp3) is 0.429. The van der Waals surface area contributed by atoms with E-state index in [2.05, 4.69) is 25.3 Å². The van der Waals surface area contributed by atoms with Crippen LogP contribution in [0.4, 0.5) is 10.2 Å². The van der Waals surface area contributed by atoms with E-state index in [1.807, 2.05) is 13.0 Å². The number of nitrogens with one attached hydrogen (secondary N) is 2. The number of carboxylic acid groups (broad SMARTS) is 1. The molecule has 6 rings (SSSR count). The van der Waals surface area contributed by atoms with Gasteiger partial charge in [-0.05, 0) is 56.1 Å². The van der Waals surface area contributed by atoms with Crippen molar-refractivity contribution < 1.29 is 14.3 Å². The molecular weight excluding hydrogens is 373 g/mol. The standard InChI is InChI=1S/C21H22FN5O2/c1-10-6-13-14(8-24-18(13)23-7-10)19-25-9-15(22)20(27-19)26-17-12-4-2-11(3-5-12)16(17)21(28)29/h6-9,11-12,16-17H,2-5H2,1H3,(H,23,24)(H,28,29)(H,25,26,27)/t11?,12?,16-,17-/m0/s1. The van der Waals surface area contributed by atoms with Gasteiger partial charge in [0.05, 0.1) is 12.1 Å². The van der Waals surface area contributed by atoms with Gasteiger partial charge < -0.3 is 15.4 Å². The molecule has 3 saturated carbocycles. The second-order valence-corrected chi connectivity index (χ2v) is 8.21. The molecule has 0 aromatic carbocycles. The maximum absolute atomic E-state index is 14.6. The van der Waals surface area contributed by atoms with Crippen molar-refractivity contribution in [3.63, 3.8) is 0 Å². The number of H-pyrrole nitrogens is 1. The summed E-state index contributed by atoms with van der Waals surface area (Å²) in [6.45, 7) is 1.95. The minimum Gasteiger partial charge on any atom is -0.481 e. The van der Waals surface area contributed by atoms with Crippen LogP contribution in [-0.4, -0.2) is 37.1 Å². The van der Waals surface area contributed by atoms with Crippen molar-refractivity contribution in [3.05, 3.63) is 36.0 Å². The van der Waals surface area contributed by atoms with Crippen LogP contribution in [0.15, 0.2) is 24.7 Å². The number of aryl methyl sites for hydroxylation is 1. The molecule has 0 saturated heterocycles. The zero-order chi connectivity index (χ0) is 20.1. The van der Waals surface area contributed by atoms with E-state index in [1.54, 1.807) is 12.4 Å². The largest absolute Gasteiger partial charge is 0.481 e. The van der Waals surface area contributed by atoms with E-state index in [0.717, 1.165) is 48.4 Å². The number of rotatable bonds is 4. The minimum absolute atomic E-state index is 0.0637. The number of carboxylic acids is 1. The smallest absolute Gasteiger partial charge is 0.308 e. The quantitative estimate of drug-likeness (QED) is 0.621. The number of pyridine rings is 1. The van der Waals surface area contributed by atoms with E-state index in [4.69, 9.17) is 0 Å². The van der Waals surface area contributed by atoms with E-state index in [0.29, 0.717) is 11.5 Å². The zero-order valence-electron chi connectivity index (χ0n) is 16.0. The zero-order valence-corrected chi connectivity index (χ0v) is 16.0. The number of nitrogens with zero attached hydrogens (tertiary/aromatic N) is 3. The molecule has 0 aliphatic heterocycles. The molecule has 3 aromatic heterocycles. The molecule has 3 fully saturated rings. The van der Waals surface area contributed by atoms with Gasteiger partial charge in [0.25, 0.3) is 0 Å². The maximum atomic E-state index is 14.6. The average molecular weight is 395 g/mol. The Hall–Kier alpha value is -3.03. The van der Waals surface area contributed by atoms with Crippen LogP contribution in [0.5, 0.6) is 0 Å². The van der Waals surface area contributed by atoms with Gasteiger partial charge in [0, 0.05) is 29.4 Å². The summed E-state index contributed by atoms with van der Waals surface area (Å²) >= 11 is 0. The summed E-state index contributed by atoms with van der Waals surface area (Å²) in [6.07, 6.45) is 8.47. The molecule has 2 bridgehead atoms. The third-order valence-corrected chi connectivity index (χ3v) is 6.46. The number of aromatic amines is 1. The van der Waals surface area contributed by atoms with Gasteiger partial charge in [0.15, 0.2) is 17.5 Å². The molecule has 3 N–H and O–H groups in total. The predicted octanol–water partition coefficient (Wildman–Crippen LogP) is 3.77. The van der Waals surface area contributed by atoms with Crippen molar-refractivity contribution >= 4 is 22.8 Å². The average Bonchev–Trinajstić information content (AvgIpc) is 3.13. The van der Waals surface area contributed by atoms with E-state index < -0.39 is 17.7 Å². The molecule has 3 heterocycles. The number of halogens is 1. The molecule has 7 nitrogen and oxygen atoms in total. The van der Waals surface area contributed by atoms with Crippen LogP contribution in [0.1, 0.15) is 31.2 Å². The van der Waals surface area contributed by atoms with Gasteiger partial charge in [-0.25, -0.2) is 19.3 Å². The van der Waals surface area contributed by atoms with Crippen LogP contribution in [0.3, 0.4) is 0 Å². The van der Waals surface area contributed by atoms with Gasteiger partial charge in [-0.1, -0.05) is 0 Å². The highest BCUT2D eigenvalue weighted by atomic mass is 19.1. The SMILES string of the molecule is Cc1cnc2[nH]cc(-c3ncc(F)c(N[C@H]4C5CCC(CC5)[C@@H]4C(=O)O)n3)c2c1. The van der Waals surface area contributed by atoms with Crippen molar-refractivity contribution in [2.75, 3.05) is 5.32 Å². The summed E-state index contributed by atoms with van der Waals surface area (Å²) in [6, 6.07) is 1.67. The van der Waals surface area contributed by atoms with Gasteiger partial charge >= 0.3 is 5.97 Å². The minimum atomic E-state index is -0.815. The molecule has 0 amide bonds. The molecular formula is C21H22FN5O2. The first-order chi connectivity index (χ1) is 14.0. The topological polar surface area (TPSA) is 104 Å². The molecule has 0 radical (unpaired) electrons. The Morgan fingerprint density at radius 3 is 2.72 bits per heavy atom. The summed E-state index contributed by atoms with van der Waals surface area (Å²) in [5, 5.41) is 13.8. The van der Waals surface area contributed by atoms with Crippen LogP contribution in [0.2, 0.25) is 0 Å². The van der Waals surface area contributed by atoms with Gasteiger partial charge in [0.2, 0.25) is 0 Å². The fourth-order valence-electron chi connectivity index (χ4n) is 5.06. The molecule has 3 aliphatic carbocycles. The lowest BCUT2D eigenvalue weighted by molar-refractivity contribution is -0.148. The summed E-state index contributed by atoms with van der Waals surface area (Å²) in [5.41, 5.74) is 2.45. The number of hydrogen-bond donors (Lipinski definition) is 3. The Balaban J connectivity index is 1.51. The maximum Gasteiger partial charge on any atom is 0.308 e. The Morgan fingerprint density at radius 2 is 1.97 bits per heavy atom. The van der Waals surface area contributed by atoms with Gasteiger partial charge in [-0.2, -0.15) is 0 Å². The molecule has 2 atom stereocenters. The lowest BCUT2D eigenvalue weighted by Crippen LogP contribution is -2.51. The number of aromatic nitrogens is 4. The molecule has 3 aromatic rings. The van der Waals surface area contributed by atoms with Crippen LogP contribution in [0.25, 0.3) is 22.4 Å². The van der Waals surface area contributed by atoms with Crippen molar-refractivity contribution in [2.24, 2.45) is 17.8 Å². The first-order valence-electron chi connectivity index (χ1n) is 9.97. The fourth-order valence-corrected chi connectivity index (χ4v) is 5.06. The van der Waals surface area contributed by atoms with Gasteiger partial charge in [0.1, 0.15) is 5.65 Å². The molecule has 150 valence electrons. The van der Waals surface area contributed by atoms with Crippen molar-refractivity contribution in [3.8, 4) is 11.4 Å². The lowest BCUT2D eigenvalue weighted by Gasteiger charge is -2.47. The summed E-state index contributed by atoms with van der Waals surface area (Å²) in [7, 11) is 0. The van der Waals surface area contributed by atoms with Crippen LogP contribution < -0.4 is 5.32 Å². The Bertz CT molecular complexity index is 1090. The van der Waals surface area contributed by atoms with Gasteiger partial charge in [-0.3, -0.25) is 4.79 Å². The molecule has 0 unspecified atom stereocenters. The Labute approximate surface area is 166 Å². The molecule has 3 aliphatic rings. The number of carbonyl (C=O) groups is 1. The monoisotopic (exact) mass is 395 g/mol. The lowest BCUT2D eigenvalue weighted by atomic mass is 9.61. The van der Waals surface area contributed by atoms with Crippen LogP contribution >= 0.6 is 0 Å². The van der Waals surface area contributed by atoms with Gasteiger partial charge in [-0.15, -0.1) is 0 Å². The second kappa shape index (κ2) is 6.79. The molecule has 8 heteroatoms. The normalized spacial score (nSPS) is 26.0. The van der Waals surface area contributed by atoms with Crippen molar-refractivity contribution in [1.82, 2.24) is 19.9 Å². The third kappa shape index (κ3) is 3.03. The first-order valence-corrected chi connectivity index (χ1v) is 9.97. The number of fused-ring (bicyclic) bond motifs is 4. The van der Waals surface area contributed by atoms with E-state index in [-0.39, 0.29) is 23.7 Å². The predicted molar refractivity (Wildman–Crippen MR) is 106 cm³/mol. The first kappa shape index (κ1) is 18.0. The number of aliphatic carboxylic acids is 1. The van der Waals surface area contributed by atoms with Crippen LogP contribution in [-0.2, 0) is 4.79 Å². The number of hydrogen-bond acceptors (Lipinski definition) is 5. The summed E-state index contributed by atoms with van der Waals surface area (Å²) in [5.74, 6) is -1.10. The third-order valence-electron chi connectivity index (χ3n) is 6.46. The van der Waals surface area contributed by atoms with Crippen molar-refractivity contribution in [2.45, 2.75) is 38.6 Å². The highest BCUT2D eigenvalue weighted by Crippen LogP contribution is 2.46. The van der Waals surface area contributed by atoms with Crippen LogP contribution in [0, 0.1) is 30.5 Å². The molecule has 29 heavy (non-hydrogen) atoms. The molecule has 0 spiro atoms. The Kier molecular flexibility index (Phi) is 4.22. The van der Waals surface area contributed by atoms with E-state index >= 15 is 0 Å². The summed E-state index contributed by atoms with van der Waals surface area (Å²) in [4.78, 5) is 27.9. The summed E-state index contributed by atoms with van der Waals surface area (Å²) < 4.78 is 14.6. The van der Waals surface area contributed by atoms with Crippen molar-refractivity contribution in [1.29, 1.82) is 0 Å². The highest BCUT2D eigenvalue weighted by molar-refractivity contribution is 5.92. The number of anilines is 1. The van der Waals surface area contributed by atoms with E-state index in [1.165, 1.54) is 0 Å².